The Morgan fingerprint density at radius 2 is 2.00 bits per heavy atom. The summed E-state index contributed by atoms with van der Waals surface area (Å²) in [5, 5.41) is 17.4. The fourth-order valence-electron chi connectivity index (χ4n) is 2.78. The van der Waals surface area contributed by atoms with Crippen molar-refractivity contribution in [2.45, 2.75) is 25.8 Å². The number of para-hydroxylation sites is 1. The van der Waals surface area contributed by atoms with Crippen LogP contribution in [0.1, 0.15) is 29.6 Å². The number of aromatic carboxylic acids is 1. The first-order valence-electron chi connectivity index (χ1n) is 7.03. The van der Waals surface area contributed by atoms with Gasteiger partial charge in [0.05, 0.1) is 12.1 Å². The molecule has 1 aromatic heterocycles. The highest BCUT2D eigenvalue weighted by Gasteiger charge is 2.16. The highest BCUT2D eigenvalue weighted by atomic mass is 16.4. The molecule has 3 rings (SSSR count). The van der Waals surface area contributed by atoms with E-state index in [0.717, 1.165) is 19.6 Å². The van der Waals surface area contributed by atoms with Crippen molar-refractivity contribution in [3.8, 4) is 0 Å². The lowest BCUT2D eigenvalue weighted by Gasteiger charge is -2.26. The lowest BCUT2D eigenvalue weighted by atomic mass is 10.1. The number of carbonyl (C=O) groups is 1. The second-order valence-corrected chi connectivity index (χ2v) is 5.19. The molecule has 1 saturated heterocycles. The van der Waals surface area contributed by atoms with Gasteiger partial charge in [-0.05, 0) is 38.1 Å². The lowest BCUT2D eigenvalue weighted by molar-refractivity contribution is 0.0698. The van der Waals surface area contributed by atoms with Gasteiger partial charge in [0.25, 0.3) is 0 Å². The molecule has 6 nitrogen and oxygen atoms in total. The summed E-state index contributed by atoms with van der Waals surface area (Å²) in [6.45, 7) is 3.82. The van der Waals surface area contributed by atoms with Crippen LogP contribution in [0.15, 0.2) is 18.2 Å². The minimum atomic E-state index is -0.933. The lowest BCUT2D eigenvalue weighted by Crippen LogP contribution is -2.32. The normalized spacial score (nSPS) is 16.6. The van der Waals surface area contributed by atoms with E-state index in [2.05, 4.69) is 15.2 Å². The number of carboxylic acid groups (broad SMARTS) is 1. The molecule has 1 N–H and O–H groups in total. The predicted molar refractivity (Wildman–Crippen MR) is 74.8 cm³/mol. The second kappa shape index (κ2) is 5.58. The van der Waals surface area contributed by atoms with Gasteiger partial charge in [-0.3, -0.25) is 0 Å². The smallest absolute Gasteiger partial charge is 0.337 e. The number of likely N-dealkylation sites (tertiary alicyclic amines) is 1. The van der Waals surface area contributed by atoms with Crippen molar-refractivity contribution in [2.75, 3.05) is 19.6 Å². The van der Waals surface area contributed by atoms with Crippen LogP contribution in [0.3, 0.4) is 0 Å². The van der Waals surface area contributed by atoms with E-state index < -0.39 is 5.97 Å². The van der Waals surface area contributed by atoms with E-state index in [0.29, 0.717) is 17.6 Å². The highest BCUT2D eigenvalue weighted by Crippen LogP contribution is 2.17. The van der Waals surface area contributed by atoms with E-state index in [1.165, 1.54) is 19.3 Å². The quantitative estimate of drug-likeness (QED) is 0.917. The van der Waals surface area contributed by atoms with Crippen molar-refractivity contribution >= 4 is 17.0 Å². The van der Waals surface area contributed by atoms with Crippen molar-refractivity contribution in [1.82, 2.24) is 19.9 Å². The molecule has 0 saturated carbocycles. The van der Waals surface area contributed by atoms with Crippen LogP contribution in [-0.4, -0.2) is 50.6 Å². The van der Waals surface area contributed by atoms with E-state index in [9.17, 15) is 9.90 Å². The largest absolute Gasteiger partial charge is 0.478 e. The Balaban J connectivity index is 1.82. The summed E-state index contributed by atoms with van der Waals surface area (Å²) >= 11 is 0. The number of aromatic nitrogens is 3. The van der Waals surface area contributed by atoms with Crippen molar-refractivity contribution in [1.29, 1.82) is 0 Å². The molecule has 0 bridgehead atoms. The third-order valence-electron chi connectivity index (χ3n) is 3.84. The zero-order valence-corrected chi connectivity index (χ0v) is 11.3. The summed E-state index contributed by atoms with van der Waals surface area (Å²) in [5.41, 5.74) is 1.53. The second-order valence-electron chi connectivity index (χ2n) is 5.19. The maximum atomic E-state index is 11.3. The first-order chi connectivity index (χ1) is 9.75. The van der Waals surface area contributed by atoms with Gasteiger partial charge in [0.2, 0.25) is 0 Å². The summed E-state index contributed by atoms with van der Waals surface area (Å²) in [6, 6.07) is 5.10. The molecule has 1 aromatic carbocycles. The van der Waals surface area contributed by atoms with E-state index in [1.807, 2.05) is 0 Å². The highest BCUT2D eigenvalue weighted by molar-refractivity contribution is 6.00. The van der Waals surface area contributed by atoms with E-state index in [-0.39, 0.29) is 5.56 Å². The molecule has 2 aromatic rings. The summed E-state index contributed by atoms with van der Waals surface area (Å²) in [4.78, 5) is 13.7. The Bertz CT molecular complexity index is 617. The molecule has 0 radical (unpaired) electrons. The Hall–Kier alpha value is -1.95. The van der Waals surface area contributed by atoms with Gasteiger partial charge in [0.1, 0.15) is 11.0 Å². The minimum Gasteiger partial charge on any atom is -0.478 e. The van der Waals surface area contributed by atoms with Crippen LogP contribution in [0.5, 0.6) is 0 Å². The summed E-state index contributed by atoms with van der Waals surface area (Å²) in [5.74, 6) is -0.933. The molecular weight excluding hydrogens is 256 g/mol. The molecule has 2 heterocycles. The van der Waals surface area contributed by atoms with Gasteiger partial charge in [-0.15, -0.1) is 5.10 Å². The van der Waals surface area contributed by atoms with Crippen LogP contribution in [-0.2, 0) is 6.54 Å². The monoisotopic (exact) mass is 274 g/mol. The van der Waals surface area contributed by atoms with E-state index in [4.69, 9.17) is 0 Å². The van der Waals surface area contributed by atoms with Gasteiger partial charge in [-0.1, -0.05) is 17.7 Å². The van der Waals surface area contributed by atoms with Crippen molar-refractivity contribution in [3.63, 3.8) is 0 Å². The van der Waals surface area contributed by atoms with Crippen molar-refractivity contribution < 1.29 is 9.90 Å². The molecule has 6 heteroatoms. The van der Waals surface area contributed by atoms with Crippen LogP contribution < -0.4 is 0 Å². The standard InChI is InChI=1S/C14H18N4O2/c19-14(20)11-5-4-6-12-13(11)18(16-15-12)10-9-17-7-2-1-3-8-17/h4-6H,1-3,7-10H2,(H,19,20). The molecule has 0 aliphatic carbocycles. The topological polar surface area (TPSA) is 71.2 Å². The zero-order valence-electron chi connectivity index (χ0n) is 11.3. The number of rotatable bonds is 4. The third-order valence-corrected chi connectivity index (χ3v) is 3.84. The average molecular weight is 274 g/mol. The van der Waals surface area contributed by atoms with Crippen LogP contribution >= 0.6 is 0 Å². The van der Waals surface area contributed by atoms with Gasteiger partial charge in [-0.25, -0.2) is 9.48 Å². The van der Waals surface area contributed by atoms with Gasteiger partial charge >= 0.3 is 5.97 Å². The molecule has 1 aliphatic heterocycles. The summed E-state index contributed by atoms with van der Waals surface area (Å²) in [7, 11) is 0. The van der Waals surface area contributed by atoms with Crippen LogP contribution in [0.2, 0.25) is 0 Å². The van der Waals surface area contributed by atoms with Crippen LogP contribution in [0.4, 0.5) is 0 Å². The Labute approximate surface area is 117 Å². The molecule has 1 aliphatic rings. The average Bonchev–Trinajstić information content (AvgIpc) is 2.89. The third kappa shape index (κ3) is 2.51. The first-order valence-corrected chi connectivity index (χ1v) is 7.03. The number of hydrogen-bond acceptors (Lipinski definition) is 4. The molecule has 0 amide bonds. The Morgan fingerprint density at radius 3 is 2.75 bits per heavy atom. The van der Waals surface area contributed by atoms with Crippen LogP contribution in [0.25, 0.3) is 11.0 Å². The Morgan fingerprint density at radius 1 is 1.20 bits per heavy atom. The molecule has 1 fully saturated rings. The SMILES string of the molecule is O=C(O)c1cccc2nnn(CCN3CCCCC3)c12. The summed E-state index contributed by atoms with van der Waals surface area (Å²) in [6.07, 6.45) is 3.81. The predicted octanol–water partition coefficient (Wildman–Crippen LogP) is 1.62. The van der Waals surface area contributed by atoms with Gasteiger partial charge < -0.3 is 10.0 Å². The fourth-order valence-corrected chi connectivity index (χ4v) is 2.78. The van der Waals surface area contributed by atoms with Gasteiger partial charge in [-0.2, -0.15) is 0 Å². The first kappa shape index (κ1) is 13.1. The van der Waals surface area contributed by atoms with Crippen molar-refractivity contribution in [3.05, 3.63) is 23.8 Å². The maximum absolute atomic E-state index is 11.3. The van der Waals surface area contributed by atoms with Gasteiger partial charge in [0, 0.05) is 6.54 Å². The molecule has 0 atom stereocenters. The summed E-state index contributed by atoms with van der Waals surface area (Å²) < 4.78 is 1.72. The number of carboxylic acids is 1. The molecule has 20 heavy (non-hydrogen) atoms. The molecule has 0 unspecified atom stereocenters. The van der Waals surface area contributed by atoms with E-state index in [1.54, 1.807) is 22.9 Å². The number of hydrogen-bond donors (Lipinski definition) is 1. The maximum Gasteiger partial charge on any atom is 0.337 e. The molecular formula is C14H18N4O2. The zero-order chi connectivity index (χ0) is 13.9. The number of benzene rings is 1. The number of nitrogens with zero attached hydrogens (tertiary/aromatic N) is 4. The van der Waals surface area contributed by atoms with Crippen LogP contribution in [0, 0.1) is 0 Å². The van der Waals surface area contributed by atoms with Crippen molar-refractivity contribution in [2.24, 2.45) is 0 Å². The molecule has 106 valence electrons. The Kier molecular flexibility index (Phi) is 3.64. The number of piperidine rings is 1. The molecule has 0 spiro atoms. The number of fused-ring (bicyclic) bond motifs is 1. The van der Waals surface area contributed by atoms with Gasteiger partial charge in [0.15, 0.2) is 0 Å². The minimum absolute atomic E-state index is 0.270. The van der Waals surface area contributed by atoms with E-state index >= 15 is 0 Å². The fraction of sp³-hybridized carbons (Fsp3) is 0.500.